The molecule has 0 fully saturated rings. The van der Waals surface area contributed by atoms with Crippen LogP contribution < -0.4 is 5.32 Å². The van der Waals surface area contributed by atoms with Crippen molar-refractivity contribution in [1.82, 2.24) is 4.98 Å². The maximum absolute atomic E-state index is 12.4. The third-order valence-electron chi connectivity index (χ3n) is 2.81. The molecular weight excluding hydrogens is 380 g/mol. The number of nitrogens with zero attached hydrogens (tertiary/aromatic N) is 1. The van der Waals surface area contributed by atoms with E-state index in [2.05, 4.69) is 32.9 Å². The van der Waals surface area contributed by atoms with Crippen molar-refractivity contribution in [3.63, 3.8) is 0 Å². The molecule has 20 heavy (non-hydrogen) atoms. The van der Waals surface area contributed by atoms with Crippen molar-refractivity contribution >= 4 is 28.3 Å². The van der Waals surface area contributed by atoms with Crippen LogP contribution in [0.5, 0.6) is 0 Å². The molecule has 2 aromatic rings. The van der Waals surface area contributed by atoms with Gasteiger partial charge in [-0.25, -0.2) is 4.98 Å². The molecule has 106 valence electrons. The molecule has 0 saturated carbocycles. The van der Waals surface area contributed by atoms with Gasteiger partial charge in [0.1, 0.15) is 5.69 Å². The zero-order chi connectivity index (χ0) is 14.8. The van der Waals surface area contributed by atoms with E-state index >= 15 is 0 Å². The molecule has 1 atom stereocenters. The Kier molecular flexibility index (Phi) is 4.52. The van der Waals surface area contributed by atoms with E-state index in [0.717, 1.165) is 15.2 Å². The fraction of sp³-hybridized carbons (Fsp3) is 0.214. The molecule has 1 aromatic heterocycles. The van der Waals surface area contributed by atoms with Crippen molar-refractivity contribution in [3.05, 3.63) is 57.4 Å². The van der Waals surface area contributed by atoms with Gasteiger partial charge in [-0.1, -0.05) is 12.1 Å². The molecule has 2 rings (SSSR count). The van der Waals surface area contributed by atoms with E-state index in [1.165, 1.54) is 12.3 Å². The third-order valence-corrected chi connectivity index (χ3v) is 3.53. The SMILES string of the molecule is CC(Nc1ccc(C(F)(F)F)nc1)c1ccc(I)cc1. The van der Waals surface area contributed by atoms with Crippen molar-refractivity contribution < 1.29 is 13.2 Å². The lowest BCUT2D eigenvalue weighted by Gasteiger charge is -2.16. The van der Waals surface area contributed by atoms with Crippen LogP contribution in [0, 0.1) is 3.57 Å². The van der Waals surface area contributed by atoms with Crippen LogP contribution in [0.3, 0.4) is 0 Å². The zero-order valence-electron chi connectivity index (χ0n) is 10.6. The van der Waals surface area contributed by atoms with Gasteiger partial charge in [-0.05, 0) is 59.3 Å². The van der Waals surface area contributed by atoms with Gasteiger partial charge < -0.3 is 5.32 Å². The standard InChI is InChI=1S/C14H12F3IN2/c1-9(10-2-4-11(18)5-3-10)20-12-6-7-13(19-8-12)14(15,16)17/h2-9,20H,1H3. The fourth-order valence-corrected chi connectivity index (χ4v) is 2.09. The zero-order valence-corrected chi connectivity index (χ0v) is 12.7. The van der Waals surface area contributed by atoms with E-state index in [-0.39, 0.29) is 6.04 Å². The number of nitrogens with one attached hydrogen (secondary N) is 1. The van der Waals surface area contributed by atoms with Crippen LogP contribution >= 0.6 is 22.6 Å². The van der Waals surface area contributed by atoms with Gasteiger partial charge in [0.2, 0.25) is 0 Å². The summed E-state index contributed by atoms with van der Waals surface area (Å²) in [4.78, 5) is 3.42. The predicted molar refractivity (Wildman–Crippen MR) is 80.4 cm³/mol. The Labute approximate surface area is 128 Å². The maximum atomic E-state index is 12.4. The first kappa shape index (κ1) is 15.1. The lowest BCUT2D eigenvalue weighted by Crippen LogP contribution is -2.10. The van der Waals surface area contributed by atoms with Gasteiger partial charge in [0.15, 0.2) is 0 Å². The van der Waals surface area contributed by atoms with E-state index in [1.54, 1.807) is 0 Å². The Morgan fingerprint density at radius 1 is 1.10 bits per heavy atom. The molecule has 1 heterocycles. The van der Waals surface area contributed by atoms with Gasteiger partial charge in [-0.15, -0.1) is 0 Å². The van der Waals surface area contributed by atoms with Gasteiger partial charge in [0.25, 0.3) is 0 Å². The van der Waals surface area contributed by atoms with Crippen LogP contribution in [0.2, 0.25) is 0 Å². The number of alkyl halides is 3. The van der Waals surface area contributed by atoms with Crippen molar-refractivity contribution in [3.8, 4) is 0 Å². The summed E-state index contributed by atoms with van der Waals surface area (Å²) >= 11 is 2.22. The second kappa shape index (κ2) is 5.99. The van der Waals surface area contributed by atoms with Crippen LogP contribution in [-0.2, 0) is 6.18 Å². The summed E-state index contributed by atoms with van der Waals surface area (Å²) in [5.41, 5.74) is 0.735. The summed E-state index contributed by atoms with van der Waals surface area (Å²) < 4.78 is 38.3. The lowest BCUT2D eigenvalue weighted by atomic mass is 10.1. The summed E-state index contributed by atoms with van der Waals surface area (Å²) in [6, 6.07) is 10.3. The van der Waals surface area contributed by atoms with Gasteiger partial charge in [-0.3, -0.25) is 0 Å². The Hall–Kier alpha value is -1.31. The Bertz CT molecular complexity index is 564. The van der Waals surface area contributed by atoms with Crippen LogP contribution in [0.4, 0.5) is 18.9 Å². The van der Waals surface area contributed by atoms with Gasteiger partial charge in [-0.2, -0.15) is 13.2 Å². The molecule has 0 saturated heterocycles. The van der Waals surface area contributed by atoms with E-state index in [4.69, 9.17) is 0 Å². The highest BCUT2D eigenvalue weighted by atomic mass is 127. The monoisotopic (exact) mass is 392 g/mol. The smallest absolute Gasteiger partial charge is 0.377 e. The first-order valence-electron chi connectivity index (χ1n) is 5.91. The normalized spacial score (nSPS) is 13.1. The third kappa shape index (κ3) is 3.84. The summed E-state index contributed by atoms with van der Waals surface area (Å²) in [5, 5.41) is 3.12. The van der Waals surface area contributed by atoms with Crippen molar-refractivity contribution in [2.75, 3.05) is 5.32 Å². The number of anilines is 1. The van der Waals surface area contributed by atoms with Crippen LogP contribution in [0.15, 0.2) is 42.6 Å². The number of rotatable bonds is 3. The molecular formula is C14H12F3IN2. The summed E-state index contributed by atoms with van der Waals surface area (Å²) in [6.45, 7) is 1.94. The van der Waals surface area contributed by atoms with Crippen molar-refractivity contribution in [2.45, 2.75) is 19.1 Å². The summed E-state index contributed by atoms with van der Waals surface area (Å²) in [6.07, 6.45) is -3.20. The minimum absolute atomic E-state index is 0.00876. The largest absolute Gasteiger partial charge is 0.433 e. The van der Waals surface area contributed by atoms with Crippen LogP contribution in [-0.4, -0.2) is 4.98 Å². The van der Waals surface area contributed by atoms with E-state index < -0.39 is 11.9 Å². The molecule has 2 nitrogen and oxygen atoms in total. The molecule has 1 unspecified atom stereocenters. The molecule has 6 heteroatoms. The number of hydrogen-bond donors (Lipinski definition) is 1. The number of benzene rings is 1. The van der Waals surface area contributed by atoms with Crippen LogP contribution in [0.1, 0.15) is 24.2 Å². The quantitative estimate of drug-likeness (QED) is 0.754. The van der Waals surface area contributed by atoms with E-state index in [1.807, 2.05) is 31.2 Å². The first-order valence-corrected chi connectivity index (χ1v) is 6.99. The molecule has 0 aliphatic heterocycles. The number of hydrogen-bond acceptors (Lipinski definition) is 2. The molecule has 0 bridgehead atoms. The second-order valence-electron chi connectivity index (χ2n) is 4.35. The maximum Gasteiger partial charge on any atom is 0.433 e. The molecule has 0 amide bonds. The minimum Gasteiger partial charge on any atom is -0.377 e. The molecule has 1 aromatic carbocycles. The predicted octanol–water partition coefficient (Wildman–Crippen LogP) is 4.88. The highest BCUT2D eigenvalue weighted by molar-refractivity contribution is 14.1. The second-order valence-corrected chi connectivity index (χ2v) is 5.59. The Morgan fingerprint density at radius 3 is 2.25 bits per heavy atom. The van der Waals surface area contributed by atoms with Gasteiger partial charge in [0, 0.05) is 9.61 Å². The van der Waals surface area contributed by atoms with E-state index in [0.29, 0.717) is 5.69 Å². The average Bonchev–Trinajstić information content (AvgIpc) is 2.39. The molecule has 0 aliphatic carbocycles. The summed E-state index contributed by atoms with van der Waals surface area (Å²) in [7, 11) is 0. The lowest BCUT2D eigenvalue weighted by molar-refractivity contribution is -0.141. The topological polar surface area (TPSA) is 24.9 Å². The average molecular weight is 392 g/mol. The highest BCUT2D eigenvalue weighted by Gasteiger charge is 2.32. The number of halogens is 4. The van der Waals surface area contributed by atoms with Gasteiger partial charge in [0.05, 0.1) is 11.9 Å². The minimum atomic E-state index is -4.40. The number of pyridine rings is 1. The Balaban J connectivity index is 2.08. The molecule has 1 N–H and O–H groups in total. The van der Waals surface area contributed by atoms with Gasteiger partial charge >= 0.3 is 6.18 Å². The van der Waals surface area contributed by atoms with Crippen molar-refractivity contribution in [1.29, 1.82) is 0 Å². The van der Waals surface area contributed by atoms with E-state index in [9.17, 15) is 13.2 Å². The number of aromatic nitrogens is 1. The first-order chi connectivity index (χ1) is 9.36. The summed E-state index contributed by atoms with van der Waals surface area (Å²) in [5.74, 6) is 0. The molecule has 0 radical (unpaired) electrons. The Morgan fingerprint density at radius 2 is 1.75 bits per heavy atom. The molecule has 0 aliphatic rings. The van der Waals surface area contributed by atoms with Crippen molar-refractivity contribution in [2.24, 2.45) is 0 Å². The van der Waals surface area contributed by atoms with Crippen LogP contribution in [0.25, 0.3) is 0 Å². The molecule has 0 spiro atoms. The highest BCUT2D eigenvalue weighted by Crippen LogP contribution is 2.28. The fourth-order valence-electron chi connectivity index (χ4n) is 1.73.